The minimum atomic E-state index is 0.0212. The van der Waals surface area contributed by atoms with Gasteiger partial charge < -0.3 is 15.1 Å². The summed E-state index contributed by atoms with van der Waals surface area (Å²) in [4.78, 5) is 17.4. The van der Waals surface area contributed by atoms with Crippen LogP contribution in [0.5, 0.6) is 0 Å². The van der Waals surface area contributed by atoms with Crippen molar-refractivity contribution in [3.05, 3.63) is 78.9 Å². The van der Waals surface area contributed by atoms with E-state index in [4.69, 9.17) is 0 Å². The van der Waals surface area contributed by atoms with E-state index in [-0.39, 0.29) is 5.91 Å². The molecule has 1 aliphatic heterocycles. The molecule has 0 atom stereocenters. The molecule has 1 saturated carbocycles. The molecule has 1 fully saturated rings. The van der Waals surface area contributed by atoms with Gasteiger partial charge in [-0.3, -0.25) is 4.79 Å². The summed E-state index contributed by atoms with van der Waals surface area (Å²) in [5, 5.41) is 3.06. The first-order chi connectivity index (χ1) is 14.8. The molecule has 3 aromatic rings. The van der Waals surface area contributed by atoms with Crippen molar-refractivity contribution in [3.8, 4) is 11.1 Å². The van der Waals surface area contributed by atoms with Crippen molar-refractivity contribution in [2.75, 3.05) is 41.3 Å². The first kappa shape index (κ1) is 18.7. The van der Waals surface area contributed by atoms with E-state index in [1.54, 1.807) is 0 Å². The van der Waals surface area contributed by atoms with Gasteiger partial charge in [0, 0.05) is 25.3 Å². The van der Waals surface area contributed by atoms with Gasteiger partial charge in [0.15, 0.2) is 0 Å². The smallest absolute Gasteiger partial charge is 0.243 e. The van der Waals surface area contributed by atoms with Crippen LogP contribution in [0.1, 0.15) is 12.8 Å². The van der Waals surface area contributed by atoms with E-state index in [0.29, 0.717) is 6.54 Å². The Balaban J connectivity index is 1.24. The third-order valence-corrected chi connectivity index (χ3v) is 5.99. The zero-order chi connectivity index (χ0) is 20.3. The molecule has 3 aromatic carbocycles. The molecule has 0 unspecified atom stereocenters. The van der Waals surface area contributed by atoms with Crippen LogP contribution < -0.4 is 15.1 Å². The SMILES string of the molecule is O=C(CN1CCN(CC2CC2)c2ccccc21)Nc1ccc(-c2ccccc2)cc1. The highest BCUT2D eigenvalue weighted by Gasteiger charge is 2.29. The number of amides is 1. The first-order valence-electron chi connectivity index (χ1n) is 10.8. The van der Waals surface area contributed by atoms with Gasteiger partial charge in [-0.05, 0) is 54.2 Å². The minimum absolute atomic E-state index is 0.0212. The molecule has 0 spiro atoms. The fraction of sp³-hybridized carbons (Fsp3) is 0.269. The number of nitrogens with zero attached hydrogens (tertiary/aromatic N) is 2. The molecule has 2 aliphatic rings. The largest absolute Gasteiger partial charge is 0.368 e. The Kier molecular flexibility index (Phi) is 5.14. The molecule has 0 saturated heterocycles. The summed E-state index contributed by atoms with van der Waals surface area (Å²) in [6, 6.07) is 26.8. The minimum Gasteiger partial charge on any atom is -0.368 e. The number of carbonyl (C=O) groups excluding carboxylic acids is 1. The second-order valence-electron chi connectivity index (χ2n) is 8.29. The number of carbonyl (C=O) groups is 1. The maximum Gasteiger partial charge on any atom is 0.243 e. The van der Waals surface area contributed by atoms with Gasteiger partial charge in [-0.15, -0.1) is 0 Å². The summed E-state index contributed by atoms with van der Waals surface area (Å²) >= 11 is 0. The molecule has 0 radical (unpaired) electrons. The molecule has 0 aromatic heterocycles. The lowest BCUT2D eigenvalue weighted by Crippen LogP contribution is -2.44. The second-order valence-corrected chi connectivity index (χ2v) is 8.29. The Bertz CT molecular complexity index is 1010. The third kappa shape index (κ3) is 4.18. The standard InChI is InChI=1S/C26H27N3O/c30-26(27-23-14-12-22(13-15-23)21-6-2-1-3-7-21)19-29-17-16-28(18-20-10-11-20)24-8-4-5-9-25(24)29/h1-9,12-15,20H,10-11,16-19H2,(H,27,30). The zero-order valence-corrected chi connectivity index (χ0v) is 17.1. The van der Waals surface area contributed by atoms with Crippen LogP contribution in [0.3, 0.4) is 0 Å². The molecule has 1 heterocycles. The van der Waals surface area contributed by atoms with Crippen molar-refractivity contribution < 1.29 is 4.79 Å². The van der Waals surface area contributed by atoms with E-state index in [1.165, 1.54) is 29.8 Å². The Labute approximate surface area is 178 Å². The van der Waals surface area contributed by atoms with Crippen LogP contribution in [0.15, 0.2) is 78.9 Å². The van der Waals surface area contributed by atoms with Crippen molar-refractivity contribution in [2.45, 2.75) is 12.8 Å². The van der Waals surface area contributed by atoms with E-state index >= 15 is 0 Å². The average Bonchev–Trinajstić information content (AvgIpc) is 3.61. The lowest BCUT2D eigenvalue weighted by atomic mass is 10.1. The molecule has 1 aliphatic carbocycles. The number of anilines is 3. The van der Waals surface area contributed by atoms with Gasteiger partial charge in [0.25, 0.3) is 0 Å². The van der Waals surface area contributed by atoms with Gasteiger partial charge in [-0.25, -0.2) is 0 Å². The van der Waals surface area contributed by atoms with Crippen LogP contribution in [0.25, 0.3) is 11.1 Å². The quantitative estimate of drug-likeness (QED) is 0.634. The number of para-hydroxylation sites is 2. The highest BCUT2D eigenvalue weighted by molar-refractivity contribution is 5.95. The van der Waals surface area contributed by atoms with Crippen LogP contribution in [-0.4, -0.2) is 32.1 Å². The van der Waals surface area contributed by atoms with Crippen molar-refractivity contribution in [1.82, 2.24) is 0 Å². The lowest BCUT2D eigenvalue weighted by Gasteiger charge is -2.38. The predicted octanol–water partition coefficient (Wildman–Crippen LogP) is 5.03. The first-order valence-corrected chi connectivity index (χ1v) is 10.8. The number of rotatable bonds is 6. The van der Waals surface area contributed by atoms with Crippen LogP contribution in [0, 0.1) is 5.92 Å². The summed E-state index contributed by atoms with van der Waals surface area (Å²) in [6.45, 7) is 3.37. The Hall–Kier alpha value is -3.27. The van der Waals surface area contributed by atoms with E-state index in [2.05, 4.69) is 63.6 Å². The van der Waals surface area contributed by atoms with Crippen LogP contribution in [-0.2, 0) is 4.79 Å². The van der Waals surface area contributed by atoms with Crippen molar-refractivity contribution >= 4 is 23.0 Å². The van der Waals surface area contributed by atoms with Gasteiger partial charge >= 0.3 is 0 Å². The number of hydrogen-bond acceptors (Lipinski definition) is 3. The Morgan fingerprint density at radius 1 is 0.767 bits per heavy atom. The summed E-state index contributed by atoms with van der Waals surface area (Å²) in [7, 11) is 0. The predicted molar refractivity (Wildman–Crippen MR) is 124 cm³/mol. The molecular formula is C26H27N3O. The molecule has 4 nitrogen and oxygen atoms in total. The van der Waals surface area contributed by atoms with Gasteiger partial charge in [-0.1, -0.05) is 54.6 Å². The average molecular weight is 398 g/mol. The molecule has 0 bridgehead atoms. The monoisotopic (exact) mass is 397 g/mol. The van der Waals surface area contributed by atoms with Crippen LogP contribution in [0.4, 0.5) is 17.1 Å². The third-order valence-electron chi connectivity index (χ3n) is 5.99. The van der Waals surface area contributed by atoms with Gasteiger partial charge in [0.05, 0.1) is 17.9 Å². The molecule has 152 valence electrons. The van der Waals surface area contributed by atoms with E-state index < -0.39 is 0 Å². The van der Waals surface area contributed by atoms with Gasteiger partial charge in [0.1, 0.15) is 0 Å². The van der Waals surface area contributed by atoms with Crippen LogP contribution >= 0.6 is 0 Å². The van der Waals surface area contributed by atoms with Crippen molar-refractivity contribution in [2.24, 2.45) is 5.92 Å². The maximum atomic E-state index is 12.7. The fourth-order valence-electron chi connectivity index (χ4n) is 4.20. The molecule has 5 rings (SSSR count). The molecule has 4 heteroatoms. The molecule has 30 heavy (non-hydrogen) atoms. The number of nitrogens with one attached hydrogen (secondary N) is 1. The van der Waals surface area contributed by atoms with Gasteiger partial charge in [0.2, 0.25) is 5.91 Å². The zero-order valence-electron chi connectivity index (χ0n) is 17.1. The maximum absolute atomic E-state index is 12.7. The molecular weight excluding hydrogens is 370 g/mol. The van der Waals surface area contributed by atoms with Crippen molar-refractivity contribution in [3.63, 3.8) is 0 Å². The number of fused-ring (bicyclic) bond motifs is 1. The summed E-state index contributed by atoms with van der Waals surface area (Å²) in [5.41, 5.74) is 5.58. The van der Waals surface area contributed by atoms with E-state index in [1.807, 2.05) is 30.3 Å². The molecule has 1 amide bonds. The van der Waals surface area contributed by atoms with Crippen LogP contribution in [0.2, 0.25) is 0 Å². The van der Waals surface area contributed by atoms with Crippen molar-refractivity contribution in [1.29, 1.82) is 0 Å². The van der Waals surface area contributed by atoms with E-state index in [0.717, 1.165) is 36.8 Å². The number of hydrogen-bond donors (Lipinski definition) is 1. The number of benzene rings is 3. The normalized spacial score (nSPS) is 15.6. The fourth-order valence-corrected chi connectivity index (χ4v) is 4.20. The summed E-state index contributed by atoms with van der Waals surface area (Å²) in [5.74, 6) is 0.875. The molecule has 1 N–H and O–H groups in total. The van der Waals surface area contributed by atoms with E-state index in [9.17, 15) is 4.79 Å². The second kappa shape index (κ2) is 8.23. The Morgan fingerprint density at radius 3 is 2.07 bits per heavy atom. The van der Waals surface area contributed by atoms with Gasteiger partial charge in [-0.2, -0.15) is 0 Å². The summed E-state index contributed by atoms with van der Waals surface area (Å²) in [6.07, 6.45) is 2.71. The Morgan fingerprint density at radius 2 is 1.37 bits per heavy atom. The summed E-state index contributed by atoms with van der Waals surface area (Å²) < 4.78 is 0. The topological polar surface area (TPSA) is 35.6 Å². The lowest BCUT2D eigenvalue weighted by molar-refractivity contribution is -0.115. The highest BCUT2D eigenvalue weighted by atomic mass is 16.2. The highest BCUT2D eigenvalue weighted by Crippen LogP contribution is 2.37.